The number of amides is 1. The summed E-state index contributed by atoms with van der Waals surface area (Å²) >= 11 is 0. The molecule has 0 aliphatic heterocycles. The molecule has 2 aliphatic rings. The number of aromatic nitrogens is 1. The summed E-state index contributed by atoms with van der Waals surface area (Å²) in [5, 5.41) is 0. The van der Waals surface area contributed by atoms with Gasteiger partial charge in [0.15, 0.2) is 0 Å². The molecule has 0 bridgehead atoms. The second-order valence-corrected chi connectivity index (χ2v) is 6.51. The van der Waals surface area contributed by atoms with E-state index in [1.807, 2.05) is 25.2 Å². The van der Waals surface area contributed by atoms with Gasteiger partial charge in [0.05, 0.1) is 0 Å². The maximum Gasteiger partial charge on any atom is 0.231 e. The van der Waals surface area contributed by atoms with Crippen molar-refractivity contribution < 1.29 is 4.79 Å². The number of benzene rings is 1. The van der Waals surface area contributed by atoms with Crippen LogP contribution in [0.5, 0.6) is 0 Å². The maximum absolute atomic E-state index is 12.9. The molecule has 3 nitrogen and oxygen atoms in total. The van der Waals surface area contributed by atoms with Crippen molar-refractivity contribution in [1.82, 2.24) is 4.98 Å². The van der Waals surface area contributed by atoms with Crippen LogP contribution in [0.2, 0.25) is 0 Å². The topological polar surface area (TPSA) is 33.2 Å². The molecular formula is C19H20N2O. The van der Waals surface area contributed by atoms with Crippen molar-refractivity contribution in [3.05, 3.63) is 59.8 Å². The summed E-state index contributed by atoms with van der Waals surface area (Å²) in [6.45, 7) is 0. The number of carbonyl (C=O) groups excluding carboxylic acids is 1. The van der Waals surface area contributed by atoms with Crippen molar-refractivity contribution in [3.63, 3.8) is 0 Å². The molecule has 2 atom stereocenters. The van der Waals surface area contributed by atoms with Gasteiger partial charge in [0, 0.05) is 24.6 Å². The lowest BCUT2D eigenvalue weighted by atomic mass is 9.78. The Morgan fingerprint density at radius 2 is 2.05 bits per heavy atom. The van der Waals surface area contributed by atoms with E-state index < -0.39 is 0 Å². The third-order valence-corrected chi connectivity index (χ3v) is 5.32. The van der Waals surface area contributed by atoms with Crippen LogP contribution in [-0.4, -0.2) is 17.9 Å². The van der Waals surface area contributed by atoms with Gasteiger partial charge in [0.2, 0.25) is 5.91 Å². The van der Waals surface area contributed by atoms with Crippen molar-refractivity contribution in [2.75, 3.05) is 11.9 Å². The summed E-state index contributed by atoms with van der Waals surface area (Å²) in [5.41, 5.74) is 2.94. The van der Waals surface area contributed by atoms with Gasteiger partial charge in [0.1, 0.15) is 5.82 Å². The van der Waals surface area contributed by atoms with E-state index in [-0.39, 0.29) is 17.2 Å². The molecule has 0 saturated heterocycles. The van der Waals surface area contributed by atoms with E-state index in [0.29, 0.717) is 0 Å². The van der Waals surface area contributed by atoms with Crippen LogP contribution >= 0.6 is 0 Å². The first-order valence-corrected chi connectivity index (χ1v) is 7.99. The van der Waals surface area contributed by atoms with Crippen molar-refractivity contribution in [2.45, 2.75) is 31.1 Å². The highest BCUT2D eigenvalue weighted by molar-refractivity contribution is 5.97. The number of rotatable bonds is 2. The number of anilines is 1. The summed E-state index contributed by atoms with van der Waals surface area (Å²) in [5.74, 6) is 1.05. The first-order valence-electron chi connectivity index (χ1n) is 7.99. The van der Waals surface area contributed by atoms with E-state index >= 15 is 0 Å². The number of hydrogen-bond donors (Lipinski definition) is 0. The number of fused-ring (bicyclic) bond motifs is 2. The molecule has 2 aromatic rings. The van der Waals surface area contributed by atoms with E-state index in [9.17, 15) is 4.79 Å². The maximum atomic E-state index is 12.9. The standard InChI is InChI=1S/C19H20N2O/c1-21(17-10-4-5-12-20-17)18(22)16-13-19(16)11-6-8-14-7-2-3-9-15(14)19/h2-5,7,9-10,12,16H,6,8,11,13H2,1H3/t16-,19-/m0/s1. The lowest BCUT2D eigenvalue weighted by Crippen LogP contribution is -2.32. The monoisotopic (exact) mass is 292 g/mol. The van der Waals surface area contributed by atoms with Gasteiger partial charge in [-0.1, -0.05) is 30.3 Å². The summed E-state index contributed by atoms with van der Waals surface area (Å²) < 4.78 is 0. The van der Waals surface area contributed by atoms with Crippen molar-refractivity contribution in [1.29, 1.82) is 0 Å². The summed E-state index contributed by atoms with van der Waals surface area (Å²) in [6.07, 6.45) is 6.19. The van der Waals surface area contributed by atoms with E-state index in [2.05, 4.69) is 29.2 Å². The predicted molar refractivity (Wildman–Crippen MR) is 86.8 cm³/mol. The fourth-order valence-electron chi connectivity index (χ4n) is 4.05. The Morgan fingerprint density at radius 1 is 1.23 bits per heavy atom. The molecule has 1 saturated carbocycles. The van der Waals surface area contributed by atoms with Gasteiger partial charge in [-0.05, 0) is 48.9 Å². The Bertz CT molecular complexity index is 712. The van der Waals surface area contributed by atoms with Gasteiger partial charge < -0.3 is 0 Å². The fraction of sp³-hybridized carbons (Fsp3) is 0.368. The van der Waals surface area contributed by atoms with Crippen LogP contribution in [0.25, 0.3) is 0 Å². The molecule has 0 N–H and O–H groups in total. The zero-order chi connectivity index (χ0) is 15.2. The molecule has 2 aliphatic carbocycles. The molecule has 0 unspecified atom stereocenters. The second kappa shape index (κ2) is 4.94. The Morgan fingerprint density at radius 3 is 2.86 bits per heavy atom. The Kier molecular flexibility index (Phi) is 3.03. The van der Waals surface area contributed by atoms with Gasteiger partial charge >= 0.3 is 0 Å². The molecule has 0 radical (unpaired) electrons. The van der Waals surface area contributed by atoms with Crippen molar-refractivity contribution >= 4 is 11.7 Å². The first kappa shape index (κ1) is 13.5. The minimum atomic E-state index is 0.0922. The lowest BCUT2D eigenvalue weighted by Gasteiger charge is -2.27. The molecule has 1 spiro atoms. The van der Waals surface area contributed by atoms with E-state index in [1.54, 1.807) is 11.1 Å². The number of hydrogen-bond acceptors (Lipinski definition) is 2. The van der Waals surface area contributed by atoms with Crippen LogP contribution < -0.4 is 4.90 Å². The average Bonchev–Trinajstić information content (AvgIpc) is 3.29. The van der Waals surface area contributed by atoms with Crippen LogP contribution in [0.3, 0.4) is 0 Å². The predicted octanol–water partition coefficient (Wildman–Crippen LogP) is 3.34. The summed E-state index contributed by atoms with van der Waals surface area (Å²) in [4.78, 5) is 18.9. The lowest BCUT2D eigenvalue weighted by molar-refractivity contribution is -0.120. The van der Waals surface area contributed by atoms with E-state index in [1.165, 1.54) is 17.5 Å². The SMILES string of the molecule is CN(C(=O)[C@@H]1C[C@]12CCCc1ccccc12)c1ccccn1. The zero-order valence-electron chi connectivity index (χ0n) is 12.8. The number of carbonyl (C=O) groups is 1. The Labute approximate surface area is 131 Å². The van der Waals surface area contributed by atoms with Gasteiger partial charge in [0.25, 0.3) is 0 Å². The van der Waals surface area contributed by atoms with Crippen LogP contribution in [-0.2, 0) is 16.6 Å². The third kappa shape index (κ3) is 1.96. The van der Waals surface area contributed by atoms with E-state index in [0.717, 1.165) is 25.1 Å². The highest BCUT2D eigenvalue weighted by Crippen LogP contribution is 2.60. The molecular weight excluding hydrogens is 272 g/mol. The largest absolute Gasteiger partial charge is 0.300 e. The van der Waals surface area contributed by atoms with Gasteiger partial charge in [-0.25, -0.2) is 4.98 Å². The highest BCUT2D eigenvalue weighted by atomic mass is 16.2. The molecule has 1 amide bonds. The van der Waals surface area contributed by atoms with Crippen LogP contribution in [0.1, 0.15) is 30.4 Å². The van der Waals surface area contributed by atoms with E-state index in [4.69, 9.17) is 0 Å². The average molecular weight is 292 g/mol. The van der Waals surface area contributed by atoms with Gasteiger partial charge in [-0.3, -0.25) is 9.69 Å². The highest BCUT2D eigenvalue weighted by Gasteiger charge is 2.60. The zero-order valence-corrected chi connectivity index (χ0v) is 12.8. The van der Waals surface area contributed by atoms with Crippen LogP contribution in [0.15, 0.2) is 48.7 Å². The Hall–Kier alpha value is -2.16. The first-order chi connectivity index (χ1) is 10.7. The number of aryl methyl sites for hydroxylation is 1. The summed E-state index contributed by atoms with van der Waals surface area (Å²) in [7, 11) is 1.84. The number of pyridine rings is 1. The van der Waals surface area contributed by atoms with Gasteiger partial charge in [-0.15, -0.1) is 0 Å². The van der Waals surface area contributed by atoms with Gasteiger partial charge in [-0.2, -0.15) is 0 Å². The smallest absolute Gasteiger partial charge is 0.231 e. The second-order valence-electron chi connectivity index (χ2n) is 6.51. The minimum absolute atomic E-state index is 0.0922. The molecule has 1 aromatic heterocycles. The summed E-state index contributed by atoms with van der Waals surface area (Å²) in [6, 6.07) is 14.3. The minimum Gasteiger partial charge on any atom is -0.300 e. The van der Waals surface area contributed by atoms with Crippen molar-refractivity contribution in [2.24, 2.45) is 5.92 Å². The molecule has 1 heterocycles. The molecule has 22 heavy (non-hydrogen) atoms. The van der Waals surface area contributed by atoms with Crippen LogP contribution in [0.4, 0.5) is 5.82 Å². The quantitative estimate of drug-likeness (QED) is 0.850. The third-order valence-electron chi connectivity index (χ3n) is 5.32. The fourth-order valence-corrected chi connectivity index (χ4v) is 4.05. The Balaban J connectivity index is 1.61. The molecule has 1 aromatic carbocycles. The molecule has 3 heteroatoms. The van der Waals surface area contributed by atoms with Crippen LogP contribution in [0, 0.1) is 5.92 Å². The number of nitrogens with zero attached hydrogens (tertiary/aromatic N) is 2. The molecule has 112 valence electrons. The molecule has 1 fully saturated rings. The normalized spacial score (nSPS) is 25.6. The van der Waals surface area contributed by atoms with Crippen molar-refractivity contribution in [3.8, 4) is 0 Å². The molecule has 4 rings (SSSR count).